The highest BCUT2D eigenvalue weighted by atomic mass is 16.4. The molecule has 1 amide bonds. The van der Waals surface area contributed by atoms with Gasteiger partial charge in [-0.25, -0.2) is 14.8 Å². The fraction of sp³-hybridized carbons (Fsp3) is 0. The van der Waals surface area contributed by atoms with Crippen molar-refractivity contribution in [2.45, 2.75) is 0 Å². The van der Waals surface area contributed by atoms with E-state index in [9.17, 15) is 9.59 Å². The molecule has 0 spiro atoms. The predicted octanol–water partition coefficient (Wildman–Crippen LogP) is 1.83. The van der Waals surface area contributed by atoms with Gasteiger partial charge >= 0.3 is 5.97 Å². The first-order valence-corrected chi connectivity index (χ1v) is 5.74. The Morgan fingerprint density at radius 1 is 1.10 bits per heavy atom. The Bertz CT molecular complexity index is 636. The van der Waals surface area contributed by atoms with E-state index in [1.807, 2.05) is 0 Å². The summed E-state index contributed by atoms with van der Waals surface area (Å²) in [6, 6.07) is 8.15. The number of aliphatic carboxylic acids is 1. The Kier molecular flexibility index (Phi) is 4.18. The van der Waals surface area contributed by atoms with Crippen molar-refractivity contribution in [1.29, 1.82) is 0 Å². The van der Waals surface area contributed by atoms with Crippen molar-refractivity contribution >= 4 is 23.9 Å². The average Bonchev–Trinajstić information content (AvgIpc) is 2.46. The van der Waals surface area contributed by atoms with E-state index in [1.165, 1.54) is 18.5 Å². The highest BCUT2D eigenvalue weighted by Gasteiger charge is 2.06. The van der Waals surface area contributed by atoms with Crippen LogP contribution in [0.1, 0.15) is 15.9 Å². The number of nitrogens with one attached hydrogen (secondary N) is 1. The molecule has 0 unspecified atom stereocenters. The number of carboxylic acids is 1. The van der Waals surface area contributed by atoms with Gasteiger partial charge in [0.05, 0.1) is 0 Å². The van der Waals surface area contributed by atoms with Gasteiger partial charge in [0, 0.05) is 24.0 Å². The molecule has 100 valence electrons. The maximum absolute atomic E-state index is 11.9. The smallest absolute Gasteiger partial charge is 0.328 e. The molecular formula is C14H11N3O3. The van der Waals surface area contributed by atoms with Crippen LogP contribution in [0.2, 0.25) is 0 Å². The van der Waals surface area contributed by atoms with Crippen LogP contribution in [-0.4, -0.2) is 27.0 Å². The average molecular weight is 269 g/mol. The third-order valence-corrected chi connectivity index (χ3v) is 2.38. The van der Waals surface area contributed by atoms with Crippen LogP contribution in [-0.2, 0) is 4.79 Å². The van der Waals surface area contributed by atoms with Crippen molar-refractivity contribution < 1.29 is 14.7 Å². The van der Waals surface area contributed by atoms with Gasteiger partial charge in [0.2, 0.25) is 5.95 Å². The van der Waals surface area contributed by atoms with E-state index in [0.29, 0.717) is 11.1 Å². The third kappa shape index (κ3) is 3.74. The lowest BCUT2D eigenvalue weighted by Gasteiger charge is -2.03. The first-order chi connectivity index (χ1) is 9.65. The van der Waals surface area contributed by atoms with Crippen LogP contribution in [0.3, 0.4) is 0 Å². The quantitative estimate of drug-likeness (QED) is 0.826. The van der Waals surface area contributed by atoms with E-state index in [4.69, 9.17) is 5.11 Å². The van der Waals surface area contributed by atoms with Crippen LogP contribution in [0.4, 0.5) is 5.95 Å². The molecule has 20 heavy (non-hydrogen) atoms. The van der Waals surface area contributed by atoms with E-state index in [-0.39, 0.29) is 11.9 Å². The minimum Gasteiger partial charge on any atom is -0.478 e. The number of carboxylic acid groups (broad SMARTS) is 1. The molecule has 0 atom stereocenters. The summed E-state index contributed by atoms with van der Waals surface area (Å²) in [6.07, 6.45) is 5.54. The summed E-state index contributed by atoms with van der Waals surface area (Å²) in [6.45, 7) is 0. The van der Waals surface area contributed by atoms with Crippen LogP contribution < -0.4 is 5.32 Å². The Hall–Kier alpha value is -3.02. The van der Waals surface area contributed by atoms with E-state index >= 15 is 0 Å². The number of aromatic nitrogens is 2. The summed E-state index contributed by atoms with van der Waals surface area (Å²) in [4.78, 5) is 30.1. The first kappa shape index (κ1) is 13.4. The molecule has 2 N–H and O–H groups in total. The van der Waals surface area contributed by atoms with E-state index < -0.39 is 5.97 Å². The fourth-order valence-electron chi connectivity index (χ4n) is 1.45. The molecule has 1 aromatic carbocycles. The highest BCUT2D eigenvalue weighted by Crippen LogP contribution is 2.08. The lowest BCUT2D eigenvalue weighted by atomic mass is 10.1. The van der Waals surface area contributed by atoms with Crippen molar-refractivity contribution in [2.75, 3.05) is 5.32 Å². The highest BCUT2D eigenvalue weighted by molar-refractivity contribution is 6.03. The van der Waals surface area contributed by atoms with Crippen molar-refractivity contribution in [2.24, 2.45) is 0 Å². The number of benzene rings is 1. The van der Waals surface area contributed by atoms with Gasteiger partial charge in [-0.05, 0) is 29.8 Å². The number of rotatable bonds is 4. The maximum Gasteiger partial charge on any atom is 0.328 e. The van der Waals surface area contributed by atoms with Crippen LogP contribution in [0.5, 0.6) is 0 Å². The molecule has 6 heteroatoms. The van der Waals surface area contributed by atoms with Crippen molar-refractivity contribution in [3.05, 3.63) is 59.9 Å². The first-order valence-electron chi connectivity index (χ1n) is 5.74. The second kappa shape index (κ2) is 6.24. The molecule has 0 aliphatic rings. The van der Waals surface area contributed by atoms with Gasteiger partial charge in [-0.3, -0.25) is 10.1 Å². The summed E-state index contributed by atoms with van der Waals surface area (Å²) in [5.41, 5.74) is 1.13. The Morgan fingerprint density at radius 2 is 1.75 bits per heavy atom. The fourth-order valence-corrected chi connectivity index (χ4v) is 1.45. The monoisotopic (exact) mass is 269 g/mol. The molecule has 6 nitrogen and oxygen atoms in total. The molecule has 0 aliphatic carbocycles. The molecule has 0 aliphatic heterocycles. The summed E-state index contributed by atoms with van der Waals surface area (Å²) in [7, 11) is 0. The number of carbonyl (C=O) groups excluding carboxylic acids is 1. The predicted molar refractivity (Wildman–Crippen MR) is 73.1 cm³/mol. The van der Waals surface area contributed by atoms with E-state index in [0.717, 1.165) is 6.08 Å². The van der Waals surface area contributed by atoms with Crippen LogP contribution >= 0.6 is 0 Å². The Labute approximate surface area is 114 Å². The molecule has 0 bridgehead atoms. The largest absolute Gasteiger partial charge is 0.478 e. The lowest BCUT2D eigenvalue weighted by Crippen LogP contribution is -2.13. The van der Waals surface area contributed by atoms with Gasteiger partial charge in [0.1, 0.15) is 0 Å². The molecule has 0 saturated heterocycles. The van der Waals surface area contributed by atoms with Crippen LogP contribution in [0.15, 0.2) is 48.8 Å². The topological polar surface area (TPSA) is 92.2 Å². The Morgan fingerprint density at radius 3 is 2.35 bits per heavy atom. The molecular weight excluding hydrogens is 258 g/mol. The zero-order chi connectivity index (χ0) is 14.4. The van der Waals surface area contributed by atoms with Gasteiger partial charge in [0.15, 0.2) is 0 Å². The zero-order valence-electron chi connectivity index (χ0n) is 10.4. The number of amides is 1. The zero-order valence-corrected chi connectivity index (χ0v) is 10.4. The molecule has 0 saturated carbocycles. The minimum atomic E-state index is -1.02. The molecule has 2 aromatic rings. The molecule has 2 rings (SSSR count). The third-order valence-electron chi connectivity index (χ3n) is 2.38. The Balaban J connectivity index is 2.06. The second-order valence-corrected chi connectivity index (χ2v) is 3.82. The number of nitrogens with zero attached hydrogens (tertiary/aromatic N) is 2. The van der Waals surface area contributed by atoms with Gasteiger partial charge in [-0.1, -0.05) is 12.1 Å². The van der Waals surface area contributed by atoms with Crippen molar-refractivity contribution in [1.82, 2.24) is 9.97 Å². The summed E-state index contributed by atoms with van der Waals surface area (Å²) < 4.78 is 0. The standard InChI is InChI=1S/C14H11N3O3/c18-12(19)7-4-10-2-5-11(6-3-10)13(20)17-14-15-8-1-9-16-14/h1-9H,(H,18,19)(H,15,16,17,20). The SMILES string of the molecule is O=C(O)C=Cc1ccc(C(=O)Nc2ncccn2)cc1. The maximum atomic E-state index is 11.9. The van der Waals surface area contributed by atoms with Gasteiger partial charge in [-0.2, -0.15) is 0 Å². The van der Waals surface area contributed by atoms with Gasteiger partial charge < -0.3 is 5.11 Å². The number of hydrogen-bond acceptors (Lipinski definition) is 4. The van der Waals surface area contributed by atoms with Crippen LogP contribution in [0, 0.1) is 0 Å². The normalized spacial score (nSPS) is 10.4. The number of carbonyl (C=O) groups is 2. The second-order valence-electron chi connectivity index (χ2n) is 3.82. The summed E-state index contributed by atoms with van der Waals surface area (Å²) in [5.74, 6) is -1.12. The molecule has 1 aromatic heterocycles. The van der Waals surface area contributed by atoms with Gasteiger partial charge in [0.25, 0.3) is 5.91 Å². The number of anilines is 1. The molecule has 0 radical (unpaired) electrons. The minimum absolute atomic E-state index is 0.229. The summed E-state index contributed by atoms with van der Waals surface area (Å²) >= 11 is 0. The van der Waals surface area contributed by atoms with E-state index in [2.05, 4.69) is 15.3 Å². The van der Waals surface area contributed by atoms with Crippen molar-refractivity contribution in [3.8, 4) is 0 Å². The molecule has 0 fully saturated rings. The van der Waals surface area contributed by atoms with E-state index in [1.54, 1.807) is 30.3 Å². The van der Waals surface area contributed by atoms with Gasteiger partial charge in [-0.15, -0.1) is 0 Å². The molecule has 1 heterocycles. The van der Waals surface area contributed by atoms with Crippen LogP contribution in [0.25, 0.3) is 6.08 Å². The van der Waals surface area contributed by atoms with Crippen molar-refractivity contribution in [3.63, 3.8) is 0 Å². The number of hydrogen-bond donors (Lipinski definition) is 2. The lowest BCUT2D eigenvalue weighted by molar-refractivity contribution is -0.131. The summed E-state index contributed by atoms with van der Waals surface area (Å²) in [5, 5.41) is 11.1.